The number of anilines is 1. The average Bonchev–Trinajstić information content (AvgIpc) is 2.47. The Morgan fingerprint density at radius 1 is 1.55 bits per heavy atom. The van der Waals surface area contributed by atoms with Gasteiger partial charge in [-0.25, -0.2) is 9.18 Å². The number of carbonyl (C=O) groups excluding carboxylic acids is 1. The molecule has 1 aromatic carbocycles. The van der Waals surface area contributed by atoms with Crippen LogP contribution in [0.5, 0.6) is 0 Å². The Kier molecular flexibility index (Phi) is 6.08. The smallest absolute Gasteiger partial charge is 0.321 e. The molecule has 0 aliphatic carbocycles. The van der Waals surface area contributed by atoms with Gasteiger partial charge in [-0.2, -0.15) is 0 Å². The number of nitrogens with zero attached hydrogens (tertiary/aromatic N) is 2. The van der Waals surface area contributed by atoms with Gasteiger partial charge in [-0.05, 0) is 56.8 Å². The molecule has 2 rings (SSSR count). The minimum absolute atomic E-state index is 0.190. The van der Waals surface area contributed by atoms with Crippen molar-refractivity contribution in [2.45, 2.75) is 17.7 Å². The normalized spacial score (nSPS) is 19.0. The molecular weight excluding hydrogens is 301 g/mol. The van der Waals surface area contributed by atoms with Gasteiger partial charge < -0.3 is 15.1 Å². The highest BCUT2D eigenvalue weighted by Crippen LogP contribution is 2.22. The highest BCUT2D eigenvalue weighted by Gasteiger charge is 2.20. The van der Waals surface area contributed by atoms with E-state index in [2.05, 4.69) is 17.3 Å². The summed E-state index contributed by atoms with van der Waals surface area (Å²) in [6.45, 7) is 2.88. The van der Waals surface area contributed by atoms with Crippen LogP contribution in [0.1, 0.15) is 12.8 Å². The number of hydrogen-bond acceptors (Lipinski definition) is 3. The van der Waals surface area contributed by atoms with Gasteiger partial charge in [0.05, 0.1) is 0 Å². The van der Waals surface area contributed by atoms with Crippen molar-refractivity contribution in [1.82, 2.24) is 9.80 Å². The Morgan fingerprint density at radius 3 is 2.95 bits per heavy atom. The molecule has 0 aromatic heterocycles. The second kappa shape index (κ2) is 7.83. The largest absolute Gasteiger partial charge is 0.327 e. The van der Waals surface area contributed by atoms with Crippen LogP contribution in [0.25, 0.3) is 0 Å². The van der Waals surface area contributed by atoms with Gasteiger partial charge in [0.25, 0.3) is 0 Å². The molecule has 4 nitrogen and oxygen atoms in total. The van der Waals surface area contributed by atoms with Crippen molar-refractivity contribution in [3.05, 3.63) is 24.0 Å². The quantitative estimate of drug-likeness (QED) is 0.862. The zero-order chi connectivity index (χ0) is 16.1. The summed E-state index contributed by atoms with van der Waals surface area (Å²) in [7, 11) is 3.90. The summed E-state index contributed by atoms with van der Waals surface area (Å²) in [6, 6.07) is 4.59. The molecule has 1 aliphatic rings. The molecule has 0 unspecified atom stereocenters. The maximum absolute atomic E-state index is 13.7. The van der Waals surface area contributed by atoms with Gasteiger partial charge in [-0.15, -0.1) is 11.8 Å². The zero-order valence-electron chi connectivity index (χ0n) is 13.4. The van der Waals surface area contributed by atoms with Gasteiger partial charge in [0.2, 0.25) is 0 Å². The summed E-state index contributed by atoms with van der Waals surface area (Å²) >= 11 is 1.35. The van der Waals surface area contributed by atoms with Gasteiger partial charge in [-0.3, -0.25) is 0 Å². The summed E-state index contributed by atoms with van der Waals surface area (Å²) in [4.78, 5) is 16.8. The molecule has 0 bridgehead atoms. The molecule has 1 aliphatic heterocycles. The van der Waals surface area contributed by atoms with E-state index in [-0.39, 0.29) is 11.8 Å². The van der Waals surface area contributed by atoms with Crippen LogP contribution in [0.3, 0.4) is 0 Å². The van der Waals surface area contributed by atoms with E-state index >= 15 is 0 Å². The molecule has 2 amide bonds. The van der Waals surface area contributed by atoms with Gasteiger partial charge in [0, 0.05) is 30.7 Å². The zero-order valence-corrected chi connectivity index (χ0v) is 14.3. The third-order valence-corrected chi connectivity index (χ3v) is 4.77. The van der Waals surface area contributed by atoms with Gasteiger partial charge in [0.15, 0.2) is 0 Å². The molecule has 6 heteroatoms. The number of likely N-dealkylation sites (tertiary alicyclic amines) is 1. The lowest BCUT2D eigenvalue weighted by atomic mass is 9.98. The first kappa shape index (κ1) is 17.1. The molecule has 1 heterocycles. The lowest BCUT2D eigenvalue weighted by Crippen LogP contribution is -2.41. The van der Waals surface area contributed by atoms with Gasteiger partial charge in [0.1, 0.15) is 5.82 Å². The second-order valence-corrected chi connectivity index (χ2v) is 6.78. The van der Waals surface area contributed by atoms with E-state index in [0.717, 1.165) is 26.1 Å². The number of benzene rings is 1. The van der Waals surface area contributed by atoms with E-state index in [0.29, 0.717) is 16.5 Å². The minimum Gasteiger partial charge on any atom is -0.327 e. The first-order valence-corrected chi connectivity index (χ1v) is 8.76. The lowest BCUT2D eigenvalue weighted by Gasteiger charge is -2.32. The number of hydrogen-bond donors (Lipinski definition) is 1. The van der Waals surface area contributed by atoms with Crippen molar-refractivity contribution >= 4 is 23.5 Å². The number of amides is 2. The van der Waals surface area contributed by atoms with Crippen LogP contribution < -0.4 is 5.32 Å². The Bertz CT molecular complexity index is 526. The summed E-state index contributed by atoms with van der Waals surface area (Å²) in [5.41, 5.74) is 0.493. The number of nitrogens with one attached hydrogen (secondary N) is 1. The van der Waals surface area contributed by atoms with E-state index in [9.17, 15) is 9.18 Å². The molecule has 1 fully saturated rings. The summed E-state index contributed by atoms with van der Waals surface area (Å²) in [5.74, 6) is 0.201. The maximum atomic E-state index is 13.7. The van der Waals surface area contributed by atoms with Gasteiger partial charge in [-0.1, -0.05) is 0 Å². The lowest BCUT2D eigenvalue weighted by molar-refractivity contribution is 0.170. The Hall–Kier alpha value is -1.27. The fourth-order valence-electron chi connectivity index (χ4n) is 2.86. The topological polar surface area (TPSA) is 35.6 Å². The maximum Gasteiger partial charge on any atom is 0.321 e. The van der Waals surface area contributed by atoms with Crippen molar-refractivity contribution in [2.24, 2.45) is 5.92 Å². The summed E-state index contributed by atoms with van der Waals surface area (Å²) in [5, 5.41) is 2.76. The minimum atomic E-state index is -0.304. The molecule has 0 radical (unpaired) electrons. The molecule has 1 atom stereocenters. The van der Waals surface area contributed by atoms with Crippen molar-refractivity contribution in [3.63, 3.8) is 0 Å². The number of piperidine rings is 1. The van der Waals surface area contributed by atoms with E-state index in [1.807, 2.05) is 6.26 Å². The molecule has 0 spiro atoms. The van der Waals surface area contributed by atoms with Crippen LogP contribution in [-0.2, 0) is 0 Å². The number of rotatable bonds is 4. The molecule has 1 saturated heterocycles. The van der Waals surface area contributed by atoms with Crippen LogP contribution in [0, 0.1) is 11.7 Å². The third-order valence-electron chi connectivity index (χ3n) is 4.00. The van der Waals surface area contributed by atoms with Gasteiger partial charge >= 0.3 is 6.03 Å². The first-order valence-electron chi connectivity index (χ1n) is 7.53. The fraction of sp³-hybridized carbons (Fsp3) is 0.562. The summed E-state index contributed by atoms with van der Waals surface area (Å²) in [6.07, 6.45) is 4.16. The fourth-order valence-corrected chi connectivity index (χ4v) is 3.31. The Balaban J connectivity index is 1.89. The highest BCUT2D eigenvalue weighted by molar-refractivity contribution is 7.98. The molecule has 1 N–H and O–H groups in total. The molecular formula is C16H24FN3OS. The molecule has 0 saturated carbocycles. The number of carbonyl (C=O) groups is 1. The van der Waals surface area contributed by atoms with Crippen LogP contribution in [0.4, 0.5) is 14.9 Å². The van der Waals surface area contributed by atoms with Crippen molar-refractivity contribution < 1.29 is 9.18 Å². The predicted octanol–water partition coefficient (Wildman–Crippen LogP) is 3.35. The van der Waals surface area contributed by atoms with E-state index in [1.54, 1.807) is 24.1 Å². The second-order valence-electron chi connectivity index (χ2n) is 5.93. The SMILES string of the molecule is CSc1ccc(NC(=O)N(C)C[C@H]2CCCN(C)C2)cc1F. The number of thioether (sulfide) groups is 1. The van der Waals surface area contributed by atoms with Crippen LogP contribution >= 0.6 is 11.8 Å². The van der Waals surface area contributed by atoms with Crippen molar-refractivity contribution in [3.8, 4) is 0 Å². The third kappa shape index (κ3) is 4.61. The molecule has 122 valence electrons. The summed E-state index contributed by atoms with van der Waals surface area (Å²) < 4.78 is 13.7. The monoisotopic (exact) mass is 325 g/mol. The van der Waals surface area contributed by atoms with Crippen molar-refractivity contribution in [1.29, 1.82) is 0 Å². The molecule has 1 aromatic rings. The predicted molar refractivity (Wildman–Crippen MR) is 90.1 cm³/mol. The van der Waals surface area contributed by atoms with E-state index in [4.69, 9.17) is 0 Å². The average molecular weight is 325 g/mol. The Morgan fingerprint density at radius 2 is 2.32 bits per heavy atom. The first-order chi connectivity index (χ1) is 10.5. The molecule has 22 heavy (non-hydrogen) atoms. The van der Waals surface area contributed by atoms with Crippen LogP contribution in [0.15, 0.2) is 23.1 Å². The number of halogens is 1. The van der Waals surface area contributed by atoms with Crippen LogP contribution in [0.2, 0.25) is 0 Å². The number of urea groups is 1. The standard InChI is InChI=1S/C16H24FN3OS/c1-19-8-4-5-12(10-19)11-20(2)16(21)18-13-6-7-15(22-3)14(17)9-13/h6-7,9,12H,4-5,8,10-11H2,1-3H3,(H,18,21)/t12-/m0/s1. The van der Waals surface area contributed by atoms with E-state index < -0.39 is 0 Å². The Labute approximate surface area is 136 Å². The highest BCUT2D eigenvalue weighted by atomic mass is 32.2. The van der Waals surface area contributed by atoms with E-state index in [1.165, 1.54) is 24.2 Å². The van der Waals surface area contributed by atoms with Crippen LogP contribution in [-0.4, -0.2) is 55.8 Å². The van der Waals surface area contributed by atoms with Crippen molar-refractivity contribution in [2.75, 3.05) is 45.3 Å².